The van der Waals surface area contributed by atoms with Crippen LogP contribution in [0.4, 0.5) is 0 Å². The van der Waals surface area contributed by atoms with Gasteiger partial charge in [-0.25, -0.2) is 9.59 Å². The number of carboxylic acids is 2. The highest BCUT2D eigenvalue weighted by Crippen LogP contribution is 2.28. The summed E-state index contributed by atoms with van der Waals surface area (Å²) in [5.74, 6) is -1.54. The maximum absolute atomic E-state index is 11.0. The summed E-state index contributed by atoms with van der Waals surface area (Å²) >= 11 is 0. The number of phenols is 1. The topological polar surface area (TPSA) is 121 Å². The van der Waals surface area contributed by atoms with E-state index in [0.717, 1.165) is 44.4 Å². The Morgan fingerprint density at radius 2 is 1.00 bits per heavy atom. The standard InChI is InChI=1S/2C12H11NO2.C12H10O/c2*1-7-6-8(2)13-11-9(7)4-3-5-10(11)12(14)15;13-12-9-5-4-8-11(12)10-6-2-1-3-7-10/h2*3-6H,1-2H3,(H,14,15);1-9,13H. The van der Waals surface area contributed by atoms with E-state index < -0.39 is 11.9 Å². The van der Waals surface area contributed by atoms with E-state index in [1.807, 2.05) is 100 Å². The van der Waals surface area contributed by atoms with Crippen molar-refractivity contribution in [1.82, 2.24) is 9.97 Å². The summed E-state index contributed by atoms with van der Waals surface area (Å²) in [6.45, 7) is 7.65. The summed E-state index contributed by atoms with van der Waals surface area (Å²) in [4.78, 5) is 30.5. The fraction of sp³-hybridized carbons (Fsp3) is 0.111. The molecule has 0 amide bonds. The molecule has 2 heterocycles. The third kappa shape index (κ3) is 7.21. The highest BCUT2D eigenvalue weighted by molar-refractivity contribution is 6.03. The lowest BCUT2D eigenvalue weighted by molar-refractivity contribution is 0.0688. The number of benzene rings is 4. The average molecular weight is 573 g/mol. The van der Waals surface area contributed by atoms with Crippen LogP contribution in [0, 0.1) is 27.7 Å². The Hall–Kier alpha value is -5.56. The molecule has 0 aliphatic rings. The lowest BCUT2D eigenvalue weighted by Gasteiger charge is -2.05. The zero-order valence-corrected chi connectivity index (χ0v) is 24.4. The minimum atomic E-state index is -0.932. The van der Waals surface area contributed by atoms with Gasteiger partial charge in [0.25, 0.3) is 0 Å². The average Bonchev–Trinajstić information content (AvgIpc) is 2.98. The summed E-state index contributed by atoms with van der Waals surface area (Å²) in [5.41, 5.74) is 7.39. The van der Waals surface area contributed by atoms with Crippen molar-refractivity contribution < 1.29 is 24.9 Å². The Morgan fingerprint density at radius 1 is 0.558 bits per heavy atom. The molecule has 0 fully saturated rings. The molecular formula is C36H32N2O5. The first kappa shape index (κ1) is 30.4. The van der Waals surface area contributed by atoms with Crippen molar-refractivity contribution in [1.29, 1.82) is 0 Å². The summed E-state index contributed by atoms with van der Waals surface area (Å²) < 4.78 is 0. The van der Waals surface area contributed by atoms with Crippen molar-refractivity contribution >= 4 is 33.7 Å². The van der Waals surface area contributed by atoms with E-state index in [0.29, 0.717) is 16.8 Å². The Kier molecular flexibility index (Phi) is 9.47. The SMILES string of the molecule is Cc1cc(C)c2cccc(C(=O)O)c2n1.Cc1cc(C)c2cccc(C(=O)O)c2n1.Oc1ccccc1-c1ccccc1. The van der Waals surface area contributed by atoms with Gasteiger partial charge in [0.05, 0.1) is 22.2 Å². The molecule has 7 heteroatoms. The molecule has 7 nitrogen and oxygen atoms in total. The highest BCUT2D eigenvalue weighted by Gasteiger charge is 2.12. The van der Waals surface area contributed by atoms with Gasteiger partial charge in [-0.1, -0.05) is 72.8 Å². The molecule has 0 radical (unpaired) electrons. The van der Waals surface area contributed by atoms with Crippen LogP contribution in [0.3, 0.4) is 0 Å². The normalized spacial score (nSPS) is 10.3. The Morgan fingerprint density at radius 3 is 1.44 bits per heavy atom. The number of hydrogen-bond donors (Lipinski definition) is 3. The first-order valence-electron chi connectivity index (χ1n) is 13.6. The minimum Gasteiger partial charge on any atom is -0.507 e. The second-order valence-corrected chi connectivity index (χ2v) is 10.1. The summed E-state index contributed by atoms with van der Waals surface area (Å²) in [6.07, 6.45) is 0. The zero-order chi connectivity index (χ0) is 31.1. The van der Waals surface area contributed by atoms with Crippen molar-refractivity contribution in [2.45, 2.75) is 27.7 Å². The molecule has 0 saturated heterocycles. The molecule has 0 unspecified atom stereocenters. The van der Waals surface area contributed by atoms with Gasteiger partial charge < -0.3 is 15.3 Å². The van der Waals surface area contributed by atoms with E-state index in [9.17, 15) is 14.7 Å². The molecule has 6 rings (SSSR count). The Bertz CT molecular complexity index is 1830. The molecule has 0 aliphatic carbocycles. The lowest BCUT2D eigenvalue weighted by Crippen LogP contribution is -2.00. The highest BCUT2D eigenvalue weighted by atomic mass is 16.4. The number of carbonyl (C=O) groups is 2. The van der Waals surface area contributed by atoms with Crippen molar-refractivity contribution in [2.24, 2.45) is 0 Å². The maximum Gasteiger partial charge on any atom is 0.337 e. The number of nitrogens with zero attached hydrogens (tertiary/aromatic N) is 2. The lowest BCUT2D eigenvalue weighted by atomic mass is 10.1. The third-order valence-electron chi connectivity index (χ3n) is 6.80. The fourth-order valence-electron chi connectivity index (χ4n) is 4.84. The Labute approximate surface area is 249 Å². The number of para-hydroxylation sites is 3. The van der Waals surface area contributed by atoms with Crippen LogP contribution in [0.15, 0.2) is 103 Å². The number of aryl methyl sites for hydroxylation is 4. The van der Waals surface area contributed by atoms with Gasteiger partial charge in [-0.2, -0.15) is 0 Å². The van der Waals surface area contributed by atoms with E-state index in [2.05, 4.69) is 9.97 Å². The van der Waals surface area contributed by atoms with Crippen LogP contribution in [0.25, 0.3) is 32.9 Å². The molecule has 0 aliphatic heterocycles. The second-order valence-electron chi connectivity index (χ2n) is 10.1. The summed E-state index contributed by atoms with van der Waals surface area (Å²) in [7, 11) is 0. The van der Waals surface area contributed by atoms with Crippen molar-refractivity contribution in [3.05, 3.63) is 137 Å². The molecule has 216 valence electrons. The Balaban J connectivity index is 0.000000148. The number of hydrogen-bond acceptors (Lipinski definition) is 5. The van der Waals surface area contributed by atoms with Gasteiger partial charge in [0.1, 0.15) is 5.75 Å². The minimum absolute atomic E-state index is 0.263. The first-order valence-corrected chi connectivity index (χ1v) is 13.6. The summed E-state index contributed by atoms with van der Waals surface area (Å²) in [6, 6.07) is 31.5. The number of aromatic hydroxyl groups is 1. The largest absolute Gasteiger partial charge is 0.507 e. The van der Waals surface area contributed by atoms with Crippen molar-refractivity contribution in [2.75, 3.05) is 0 Å². The van der Waals surface area contributed by atoms with Gasteiger partial charge in [0.2, 0.25) is 0 Å². The van der Waals surface area contributed by atoms with Crippen molar-refractivity contribution in [3.8, 4) is 16.9 Å². The van der Waals surface area contributed by atoms with E-state index in [4.69, 9.17) is 10.2 Å². The zero-order valence-electron chi connectivity index (χ0n) is 24.4. The molecular weight excluding hydrogens is 540 g/mol. The number of fused-ring (bicyclic) bond motifs is 2. The maximum atomic E-state index is 11.0. The van der Waals surface area contributed by atoms with Gasteiger partial charge in [0.15, 0.2) is 0 Å². The molecule has 43 heavy (non-hydrogen) atoms. The molecule has 6 aromatic rings. The fourth-order valence-corrected chi connectivity index (χ4v) is 4.84. The smallest absolute Gasteiger partial charge is 0.337 e. The number of pyridine rings is 2. The third-order valence-corrected chi connectivity index (χ3v) is 6.80. The number of aromatic carboxylic acids is 2. The monoisotopic (exact) mass is 572 g/mol. The van der Waals surface area contributed by atoms with Gasteiger partial charge >= 0.3 is 11.9 Å². The van der Waals surface area contributed by atoms with Crippen LogP contribution in [0.2, 0.25) is 0 Å². The number of phenolic OH excluding ortho intramolecular Hbond substituents is 1. The van der Waals surface area contributed by atoms with Gasteiger partial charge in [-0.3, -0.25) is 9.97 Å². The predicted octanol–water partition coefficient (Wildman–Crippen LogP) is 8.16. The number of rotatable bonds is 3. The molecule has 0 saturated carbocycles. The quantitative estimate of drug-likeness (QED) is 0.196. The van der Waals surface area contributed by atoms with E-state index in [1.54, 1.807) is 30.3 Å². The van der Waals surface area contributed by atoms with Gasteiger partial charge in [-0.05, 0) is 74.7 Å². The summed E-state index contributed by atoms with van der Waals surface area (Å²) in [5, 5.41) is 29.4. The number of aromatic nitrogens is 2. The predicted molar refractivity (Wildman–Crippen MR) is 170 cm³/mol. The second kappa shape index (κ2) is 13.4. The van der Waals surface area contributed by atoms with Crippen LogP contribution >= 0.6 is 0 Å². The van der Waals surface area contributed by atoms with Gasteiger partial charge in [-0.15, -0.1) is 0 Å². The van der Waals surface area contributed by atoms with Crippen LogP contribution < -0.4 is 0 Å². The van der Waals surface area contributed by atoms with Gasteiger partial charge in [0, 0.05) is 27.7 Å². The van der Waals surface area contributed by atoms with E-state index in [-0.39, 0.29) is 11.1 Å². The van der Waals surface area contributed by atoms with E-state index in [1.165, 1.54) is 0 Å². The molecule has 0 atom stereocenters. The molecule has 3 N–H and O–H groups in total. The number of carboxylic acid groups (broad SMARTS) is 2. The van der Waals surface area contributed by atoms with Crippen LogP contribution in [0.1, 0.15) is 43.2 Å². The van der Waals surface area contributed by atoms with Crippen LogP contribution in [-0.2, 0) is 0 Å². The molecule has 2 aromatic heterocycles. The van der Waals surface area contributed by atoms with E-state index >= 15 is 0 Å². The molecule has 0 bridgehead atoms. The first-order chi connectivity index (χ1) is 20.6. The van der Waals surface area contributed by atoms with Crippen LogP contribution in [-0.4, -0.2) is 37.2 Å². The molecule has 4 aromatic carbocycles. The van der Waals surface area contributed by atoms with Crippen molar-refractivity contribution in [3.63, 3.8) is 0 Å². The van der Waals surface area contributed by atoms with Crippen LogP contribution in [0.5, 0.6) is 5.75 Å². The molecule has 0 spiro atoms.